The third-order valence-corrected chi connectivity index (χ3v) is 6.38. The molecular weight excluding hydrogens is 404 g/mol. The first-order valence-electron chi connectivity index (χ1n) is 10.8. The molecule has 1 unspecified atom stereocenters. The largest absolute Gasteiger partial charge is 0.345 e. The van der Waals surface area contributed by atoms with Crippen molar-refractivity contribution in [3.63, 3.8) is 0 Å². The first-order valence-corrected chi connectivity index (χ1v) is 10.8. The van der Waals surface area contributed by atoms with Crippen LogP contribution in [0.2, 0.25) is 0 Å². The Hall–Kier alpha value is -3.77. The predicted octanol–water partition coefficient (Wildman–Crippen LogP) is 2.78. The van der Waals surface area contributed by atoms with Gasteiger partial charge < -0.3 is 10.2 Å². The van der Waals surface area contributed by atoms with Gasteiger partial charge in [0, 0.05) is 56.4 Å². The van der Waals surface area contributed by atoms with E-state index < -0.39 is 0 Å². The average Bonchev–Trinajstić information content (AvgIpc) is 3.25. The van der Waals surface area contributed by atoms with E-state index in [0.717, 1.165) is 53.8 Å². The number of anilines is 1. The fourth-order valence-corrected chi connectivity index (χ4v) is 4.70. The van der Waals surface area contributed by atoms with E-state index in [2.05, 4.69) is 26.4 Å². The summed E-state index contributed by atoms with van der Waals surface area (Å²) in [6, 6.07) is 2.06. The maximum atomic E-state index is 12.7. The van der Waals surface area contributed by atoms with Gasteiger partial charge in [-0.15, -0.1) is 0 Å². The van der Waals surface area contributed by atoms with Crippen LogP contribution < -0.4 is 10.2 Å². The summed E-state index contributed by atoms with van der Waals surface area (Å²) in [4.78, 5) is 34.8. The topological polar surface area (TPSA) is 93.0 Å². The van der Waals surface area contributed by atoms with Crippen LogP contribution in [0.4, 0.5) is 5.82 Å². The van der Waals surface area contributed by atoms with Gasteiger partial charge in [0.15, 0.2) is 0 Å². The number of allylic oxidation sites excluding steroid dienone is 1. The molecule has 1 aliphatic carbocycles. The van der Waals surface area contributed by atoms with Gasteiger partial charge in [0.2, 0.25) is 0 Å². The van der Waals surface area contributed by atoms with Crippen molar-refractivity contribution in [2.45, 2.75) is 38.1 Å². The summed E-state index contributed by atoms with van der Waals surface area (Å²) in [6.07, 6.45) is 13.1. The van der Waals surface area contributed by atoms with Crippen LogP contribution >= 0.6 is 0 Å². The number of hydrogen-bond donors (Lipinski definition) is 1. The maximum Gasteiger partial charge on any atom is 0.254 e. The second kappa shape index (κ2) is 8.05. The lowest BCUT2D eigenvalue weighted by atomic mass is 9.84. The van der Waals surface area contributed by atoms with E-state index in [1.54, 1.807) is 24.1 Å². The van der Waals surface area contributed by atoms with Crippen LogP contribution in [-0.4, -0.2) is 38.6 Å². The molecule has 0 fully saturated rings. The first kappa shape index (κ1) is 20.2. The van der Waals surface area contributed by atoms with E-state index in [1.807, 2.05) is 36.5 Å². The van der Waals surface area contributed by atoms with Crippen molar-refractivity contribution in [3.05, 3.63) is 65.0 Å². The number of pyridine rings is 2. The highest BCUT2D eigenvalue weighted by molar-refractivity contribution is 5.94. The Kier molecular flexibility index (Phi) is 5.07. The van der Waals surface area contributed by atoms with Crippen molar-refractivity contribution < 1.29 is 9.59 Å². The van der Waals surface area contributed by atoms with E-state index in [-0.39, 0.29) is 11.9 Å². The summed E-state index contributed by atoms with van der Waals surface area (Å²) in [7, 11) is 3.65. The molecule has 0 saturated carbocycles. The fourth-order valence-electron chi connectivity index (χ4n) is 4.70. The Morgan fingerprint density at radius 3 is 2.81 bits per heavy atom. The zero-order valence-corrected chi connectivity index (χ0v) is 18.1. The molecule has 0 aromatic carbocycles. The molecule has 2 aliphatic rings. The monoisotopic (exact) mass is 428 g/mol. The van der Waals surface area contributed by atoms with E-state index in [9.17, 15) is 9.59 Å². The van der Waals surface area contributed by atoms with Gasteiger partial charge in [-0.3, -0.25) is 14.5 Å². The summed E-state index contributed by atoms with van der Waals surface area (Å²) in [5.74, 6) is 2.70. The maximum absolute atomic E-state index is 12.7. The summed E-state index contributed by atoms with van der Waals surface area (Å²) < 4.78 is 1.62. The summed E-state index contributed by atoms with van der Waals surface area (Å²) >= 11 is 0. The van der Waals surface area contributed by atoms with E-state index in [1.165, 1.54) is 5.56 Å². The third-order valence-electron chi connectivity index (χ3n) is 6.38. The number of carbonyl (C=O) groups is 1. The number of nitrogens with one attached hydrogen (secondary N) is 1. The van der Waals surface area contributed by atoms with Crippen molar-refractivity contribution in [3.8, 4) is 11.1 Å². The van der Waals surface area contributed by atoms with Crippen molar-refractivity contribution in [2.24, 2.45) is 7.05 Å². The van der Waals surface area contributed by atoms with Gasteiger partial charge >= 0.3 is 0 Å². The number of fused-ring (bicyclic) bond motifs is 2. The smallest absolute Gasteiger partial charge is 0.254 e. The molecule has 32 heavy (non-hydrogen) atoms. The first-order chi connectivity index (χ1) is 15.5. The zero-order valence-electron chi connectivity index (χ0n) is 18.1. The normalized spacial score (nSPS) is 17.4. The SMILES string of the molecule is CN1C(=C=O)CCc2cc(-c3cncc4c3CCCC4NC(=O)c3cnn(C)c3)cnc21. The minimum atomic E-state index is -0.126. The summed E-state index contributed by atoms with van der Waals surface area (Å²) in [6.45, 7) is 0. The molecule has 3 aromatic heterocycles. The van der Waals surface area contributed by atoms with E-state index in [4.69, 9.17) is 0 Å². The van der Waals surface area contributed by atoms with Crippen molar-refractivity contribution >= 4 is 17.7 Å². The van der Waals surface area contributed by atoms with Gasteiger partial charge in [-0.1, -0.05) is 0 Å². The second-order valence-electron chi connectivity index (χ2n) is 8.39. The molecule has 162 valence electrons. The Balaban J connectivity index is 1.47. The highest BCUT2D eigenvalue weighted by atomic mass is 16.1. The van der Waals surface area contributed by atoms with Crippen molar-refractivity contribution in [1.82, 2.24) is 25.1 Å². The molecule has 1 amide bonds. The molecule has 1 aliphatic heterocycles. The lowest BCUT2D eigenvalue weighted by Gasteiger charge is -2.29. The lowest BCUT2D eigenvalue weighted by Crippen LogP contribution is -2.31. The van der Waals surface area contributed by atoms with Gasteiger partial charge in [0.1, 0.15) is 17.5 Å². The van der Waals surface area contributed by atoms with Crippen LogP contribution in [0.25, 0.3) is 11.1 Å². The van der Waals surface area contributed by atoms with Crippen LogP contribution in [0.5, 0.6) is 0 Å². The standard InChI is InChI=1S/C24H24N6O2/c1-29-13-17(10-27-29)24(32)28-22-5-3-4-19-20(11-25-12-21(19)22)16-8-15-6-7-18(14-31)30(2)23(15)26-9-16/h8-13,22H,3-7H2,1-2H3,(H,28,32). The molecule has 1 N–H and O–H groups in total. The van der Waals surface area contributed by atoms with Gasteiger partial charge in [-0.2, -0.15) is 5.10 Å². The Morgan fingerprint density at radius 1 is 1.16 bits per heavy atom. The molecular formula is C24H24N6O2. The molecule has 0 bridgehead atoms. The number of aryl methyl sites for hydroxylation is 2. The predicted molar refractivity (Wildman–Crippen MR) is 120 cm³/mol. The number of hydrogen-bond acceptors (Lipinski definition) is 6. The molecule has 1 atom stereocenters. The number of nitrogens with zero attached hydrogens (tertiary/aromatic N) is 5. The van der Waals surface area contributed by atoms with Crippen molar-refractivity contribution in [2.75, 3.05) is 11.9 Å². The molecule has 4 heterocycles. The highest BCUT2D eigenvalue weighted by Crippen LogP contribution is 2.37. The lowest BCUT2D eigenvalue weighted by molar-refractivity contribution is 0.0932. The fraction of sp³-hybridized carbons (Fsp3) is 0.333. The summed E-state index contributed by atoms with van der Waals surface area (Å²) in [5.41, 5.74) is 6.63. The Bertz CT molecular complexity index is 1260. The minimum Gasteiger partial charge on any atom is -0.345 e. The van der Waals surface area contributed by atoms with Crippen LogP contribution in [-0.2, 0) is 24.7 Å². The molecule has 3 aromatic rings. The average molecular weight is 428 g/mol. The van der Waals surface area contributed by atoms with Crippen molar-refractivity contribution in [1.29, 1.82) is 0 Å². The van der Waals surface area contributed by atoms with Gasteiger partial charge in [-0.05, 0) is 48.4 Å². The highest BCUT2D eigenvalue weighted by Gasteiger charge is 2.26. The number of aromatic nitrogens is 4. The van der Waals surface area contributed by atoms with Gasteiger partial charge in [-0.25, -0.2) is 9.78 Å². The molecule has 0 spiro atoms. The molecule has 0 saturated heterocycles. The van der Waals surface area contributed by atoms with Crippen LogP contribution in [0.3, 0.4) is 0 Å². The zero-order chi connectivity index (χ0) is 22.2. The van der Waals surface area contributed by atoms with E-state index in [0.29, 0.717) is 17.7 Å². The number of carbonyl (C=O) groups excluding carboxylic acids is 2. The van der Waals surface area contributed by atoms with Crippen LogP contribution in [0.15, 0.2) is 42.7 Å². The molecule has 8 nitrogen and oxygen atoms in total. The molecule has 0 radical (unpaired) electrons. The summed E-state index contributed by atoms with van der Waals surface area (Å²) in [5, 5.41) is 7.25. The second-order valence-corrected chi connectivity index (χ2v) is 8.39. The quantitative estimate of drug-likeness (QED) is 0.645. The Labute approximate surface area is 186 Å². The Morgan fingerprint density at radius 2 is 2.03 bits per heavy atom. The molecule has 8 heteroatoms. The molecule has 5 rings (SSSR count). The number of amides is 1. The van der Waals surface area contributed by atoms with Gasteiger partial charge in [0.05, 0.1) is 17.8 Å². The number of rotatable bonds is 3. The third kappa shape index (κ3) is 3.48. The van der Waals surface area contributed by atoms with Crippen LogP contribution in [0.1, 0.15) is 52.4 Å². The van der Waals surface area contributed by atoms with E-state index >= 15 is 0 Å². The van der Waals surface area contributed by atoms with Gasteiger partial charge in [0.25, 0.3) is 5.91 Å². The van der Waals surface area contributed by atoms with Crippen LogP contribution in [0, 0.1) is 0 Å². The minimum absolute atomic E-state index is 0.0871.